The molecule has 0 radical (unpaired) electrons. The summed E-state index contributed by atoms with van der Waals surface area (Å²) in [5.41, 5.74) is 2.90. The second kappa shape index (κ2) is 8.73. The number of esters is 1. The first kappa shape index (κ1) is 18.3. The zero-order valence-corrected chi connectivity index (χ0v) is 14.6. The van der Waals surface area contributed by atoms with Gasteiger partial charge in [0.25, 0.3) is 0 Å². The summed E-state index contributed by atoms with van der Waals surface area (Å²) in [5.74, 6) is 0.203. The van der Waals surface area contributed by atoms with Crippen LogP contribution in [0.5, 0.6) is 5.75 Å². The molecule has 0 saturated heterocycles. The minimum atomic E-state index is -0.399. The van der Waals surface area contributed by atoms with Crippen LogP contribution in [0.25, 0.3) is 0 Å². The van der Waals surface area contributed by atoms with Gasteiger partial charge in [0.15, 0.2) is 0 Å². The summed E-state index contributed by atoms with van der Waals surface area (Å²) in [4.78, 5) is 23.7. The van der Waals surface area contributed by atoms with Crippen LogP contribution in [-0.4, -0.2) is 32.6 Å². The van der Waals surface area contributed by atoms with Crippen LogP contribution in [0.1, 0.15) is 21.5 Å². The van der Waals surface area contributed by atoms with Gasteiger partial charge >= 0.3 is 5.97 Å². The number of nitrogens with one attached hydrogen (secondary N) is 2. The Bertz CT molecular complexity index is 759. The number of anilines is 1. The number of amides is 1. The highest BCUT2D eigenvalue weighted by Crippen LogP contribution is 2.19. The predicted octanol–water partition coefficient (Wildman–Crippen LogP) is 2.52. The van der Waals surface area contributed by atoms with Gasteiger partial charge in [-0.2, -0.15) is 0 Å². The Morgan fingerprint density at radius 2 is 1.84 bits per heavy atom. The van der Waals surface area contributed by atoms with E-state index < -0.39 is 5.97 Å². The first-order chi connectivity index (χ1) is 12.0. The van der Waals surface area contributed by atoms with E-state index >= 15 is 0 Å². The van der Waals surface area contributed by atoms with Gasteiger partial charge in [0.05, 0.1) is 26.3 Å². The second-order valence-corrected chi connectivity index (χ2v) is 5.45. The molecule has 6 heteroatoms. The number of benzene rings is 2. The number of rotatable bonds is 7. The standard InChI is InChI=1S/C19H22N2O4/c1-13-16(19(23)25-3)8-5-9-17(13)20-12-18(22)21-11-14-6-4-7-15(10-14)24-2/h4-10,20H,11-12H2,1-3H3,(H,21,22). The Morgan fingerprint density at radius 1 is 1.08 bits per heavy atom. The maximum atomic E-state index is 12.0. The Balaban J connectivity index is 1.90. The molecule has 0 saturated carbocycles. The van der Waals surface area contributed by atoms with Gasteiger partial charge in [-0.05, 0) is 42.3 Å². The zero-order valence-electron chi connectivity index (χ0n) is 14.6. The lowest BCUT2D eigenvalue weighted by molar-refractivity contribution is -0.119. The van der Waals surface area contributed by atoms with E-state index in [4.69, 9.17) is 9.47 Å². The van der Waals surface area contributed by atoms with Crippen molar-refractivity contribution in [2.75, 3.05) is 26.1 Å². The van der Waals surface area contributed by atoms with E-state index in [0.717, 1.165) is 22.6 Å². The fraction of sp³-hybridized carbons (Fsp3) is 0.263. The van der Waals surface area contributed by atoms with E-state index in [-0.39, 0.29) is 12.5 Å². The maximum Gasteiger partial charge on any atom is 0.338 e. The Labute approximate surface area is 147 Å². The molecular formula is C19H22N2O4. The van der Waals surface area contributed by atoms with Gasteiger partial charge < -0.3 is 20.1 Å². The van der Waals surface area contributed by atoms with E-state index in [2.05, 4.69) is 10.6 Å². The average Bonchev–Trinajstić information content (AvgIpc) is 2.65. The molecule has 0 heterocycles. The molecule has 0 aliphatic rings. The highest BCUT2D eigenvalue weighted by Gasteiger charge is 2.12. The summed E-state index contributed by atoms with van der Waals surface area (Å²) in [6.07, 6.45) is 0. The molecule has 132 valence electrons. The average molecular weight is 342 g/mol. The van der Waals surface area contributed by atoms with Crippen LogP contribution in [0, 0.1) is 6.92 Å². The summed E-state index contributed by atoms with van der Waals surface area (Å²) in [7, 11) is 2.94. The summed E-state index contributed by atoms with van der Waals surface area (Å²) < 4.78 is 9.90. The van der Waals surface area contributed by atoms with Crippen LogP contribution >= 0.6 is 0 Å². The van der Waals surface area contributed by atoms with Crippen LogP contribution in [-0.2, 0) is 16.1 Å². The summed E-state index contributed by atoms with van der Waals surface area (Å²) in [6, 6.07) is 12.8. The lowest BCUT2D eigenvalue weighted by Gasteiger charge is -2.12. The SMILES string of the molecule is COC(=O)c1cccc(NCC(=O)NCc2cccc(OC)c2)c1C. The van der Waals surface area contributed by atoms with Gasteiger partial charge in [0.1, 0.15) is 5.75 Å². The Kier molecular flexibility index (Phi) is 6.39. The van der Waals surface area contributed by atoms with Crippen LogP contribution in [0.4, 0.5) is 5.69 Å². The molecule has 0 spiro atoms. The van der Waals surface area contributed by atoms with Crippen molar-refractivity contribution in [1.82, 2.24) is 5.32 Å². The zero-order chi connectivity index (χ0) is 18.2. The Hall–Kier alpha value is -3.02. The number of carbonyl (C=O) groups excluding carboxylic acids is 2. The molecular weight excluding hydrogens is 320 g/mol. The van der Waals surface area contributed by atoms with Crippen molar-refractivity contribution in [3.05, 3.63) is 59.2 Å². The number of methoxy groups -OCH3 is 2. The number of ether oxygens (including phenoxy) is 2. The molecule has 0 aliphatic heterocycles. The quantitative estimate of drug-likeness (QED) is 0.756. The minimum Gasteiger partial charge on any atom is -0.497 e. The fourth-order valence-corrected chi connectivity index (χ4v) is 2.38. The Morgan fingerprint density at radius 3 is 2.56 bits per heavy atom. The molecule has 0 unspecified atom stereocenters. The normalized spacial score (nSPS) is 10.0. The lowest BCUT2D eigenvalue weighted by Crippen LogP contribution is -2.29. The van der Waals surface area contributed by atoms with Gasteiger partial charge in [0, 0.05) is 12.2 Å². The lowest BCUT2D eigenvalue weighted by atomic mass is 10.1. The molecule has 6 nitrogen and oxygen atoms in total. The van der Waals surface area contributed by atoms with Crippen molar-refractivity contribution < 1.29 is 19.1 Å². The summed E-state index contributed by atoms with van der Waals surface area (Å²) >= 11 is 0. The first-order valence-corrected chi connectivity index (χ1v) is 7.86. The van der Waals surface area contributed by atoms with Crippen molar-refractivity contribution >= 4 is 17.6 Å². The highest BCUT2D eigenvalue weighted by molar-refractivity contribution is 5.93. The van der Waals surface area contributed by atoms with E-state index in [9.17, 15) is 9.59 Å². The van der Waals surface area contributed by atoms with Crippen LogP contribution in [0.2, 0.25) is 0 Å². The molecule has 1 amide bonds. The van der Waals surface area contributed by atoms with Crippen LogP contribution in [0.3, 0.4) is 0 Å². The molecule has 0 atom stereocenters. The smallest absolute Gasteiger partial charge is 0.338 e. The largest absolute Gasteiger partial charge is 0.497 e. The van der Waals surface area contributed by atoms with Gasteiger partial charge in [-0.25, -0.2) is 4.79 Å². The molecule has 0 fully saturated rings. The monoisotopic (exact) mass is 342 g/mol. The third-order valence-corrected chi connectivity index (χ3v) is 3.80. The van der Waals surface area contributed by atoms with Crippen molar-refractivity contribution in [2.24, 2.45) is 0 Å². The van der Waals surface area contributed by atoms with Crippen molar-refractivity contribution in [3.63, 3.8) is 0 Å². The fourth-order valence-electron chi connectivity index (χ4n) is 2.38. The third-order valence-electron chi connectivity index (χ3n) is 3.80. The van der Waals surface area contributed by atoms with Crippen molar-refractivity contribution in [1.29, 1.82) is 0 Å². The molecule has 0 aliphatic carbocycles. The van der Waals surface area contributed by atoms with Gasteiger partial charge in [0.2, 0.25) is 5.91 Å². The van der Waals surface area contributed by atoms with Crippen LogP contribution < -0.4 is 15.4 Å². The number of hydrogen-bond donors (Lipinski definition) is 2. The highest BCUT2D eigenvalue weighted by atomic mass is 16.5. The van der Waals surface area contributed by atoms with Crippen LogP contribution in [0.15, 0.2) is 42.5 Å². The predicted molar refractivity (Wildman–Crippen MR) is 95.8 cm³/mol. The topological polar surface area (TPSA) is 76.7 Å². The second-order valence-electron chi connectivity index (χ2n) is 5.45. The molecule has 2 N–H and O–H groups in total. The molecule has 2 aromatic rings. The van der Waals surface area contributed by atoms with E-state index in [1.807, 2.05) is 37.3 Å². The third kappa shape index (κ3) is 4.97. The van der Waals surface area contributed by atoms with E-state index in [1.54, 1.807) is 19.2 Å². The van der Waals surface area contributed by atoms with Crippen molar-refractivity contribution in [2.45, 2.75) is 13.5 Å². The van der Waals surface area contributed by atoms with E-state index in [1.165, 1.54) is 7.11 Å². The van der Waals surface area contributed by atoms with E-state index in [0.29, 0.717) is 12.1 Å². The van der Waals surface area contributed by atoms with Gasteiger partial charge in [-0.15, -0.1) is 0 Å². The summed E-state index contributed by atoms with van der Waals surface area (Å²) in [6.45, 7) is 2.33. The molecule has 2 aromatic carbocycles. The maximum absolute atomic E-state index is 12.0. The number of carbonyl (C=O) groups is 2. The van der Waals surface area contributed by atoms with Gasteiger partial charge in [-0.1, -0.05) is 18.2 Å². The minimum absolute atomic E-state index is 0.107. The molecule has 0 bridgehead atoms. The molecule has 0 aromatic heterocycles. The van der Waals surface area contributed by atoms with Gasteiger partial charge in [-0.3, -0.25) is 4.79 Å². The summed E-state index contributed by atoms with van der Waals surface area (Å²) in [5, 5.41) is 5.89. The van der Waals surface area contributed by atoms with Crippen molar-refractivity contribution in [3.8, 4) is 5.75 Å². The molecule has 25 heavy (non-hydrogen) atoms. The first-order valence-electron chi connectivity index (χ1n) is 7.86. The molecule has 2 rings (SSSR count). The number of hydrogen-bond acceptors (Lipinski definition) is 5.